The molecule has 0 radical (unpaired) electrons. The van der Waals surface area contributed by atoms with Gasteiger partial charge in [0.15, 0.2) is 0 Å². The quantitative estimate of drug-likeness (QED) is 0.916. The molecule has 1 aromatic carbocycles. The number of nitrogens with two attached hydrogens (primary N) is 1. The molecule has 1 aromatic heterocycles. The van der Waals surface area contributed by atoms with E-state index >= 15 is 0 Å². The molecule has 100 valence electrons. The zero-order chi connectivity index (χ0) is 14.2. The zero-order valence-electron chi connectivity index (χ0n) is 11.2. The fourth-order valence-electron chi connectivity index (χ4n) is 2.16. The number of fused-ring (bicyclic) bond motifs is 1. The van der Waals surface area contributed by atoms with Crippen LogP contribution in [-0.2, 0) is 11.2 Å². The van der Waals surface area contributed by atoms with Crippen LogP contribution in [0.1, 0.15) is 11.3 Å². The number of aromatic nitrogens is 1. The van der Waals surface area contributed by atoms with E-state index in [0.29, 0.717) is 16.5 Å². The van der Waals surface area contributed by atoms with Crippen LogP contribution in [0.15, 0.2) is 18.2 Å². The number of rotatable bonds is 3. The normalized spacial score (nSPS) is 10.7. The van der Waals surface area contributed by atoms with Gasteiger partial charge in [-0.1, -0.05) is 0 Å². The van der Waals surface area contributed by atoms with E-state index in [4.69, 9.17) is 5.73 Å². The smallest absolute Gasteiger partial charge is 0.221 e. The molecule has 0 unspecified atom stereocenters. The zero-order valence-corrected chi connectivity index (χ0v) is 11.2. The van der Waals surface area contributed by atoms with Crippen molar-refractivity contribution in [1.29, 1.82) is 0 Å². The number of anilines is 1. The average Bonchev–Trinajstić information content (AvgIpc) is 2.28. The van der Waals surface area contributed by atoms with Crippen LogP contribution in [0.25, 0.3) is 10.9 Å². The molecule has 0 saturated carbocycles. The van der Waals surface area contributed by atoms with E-state index < -0.39 is 11.7 Å². The van der Waals surface area contributed by atoms with Crippen molar-refractivity contribution in [3.8, 4) is 0 Å². The summed E-state index contributed by atoms with van der Waals surface area (Å²) in [6.07, 6.45) is -0.0163. The van der Waals surface area contributed by atoms with Crippen molar-refractivity contribution >= 4 is 22.5 Å². The summed E-state index contributed by atoms with van der Waals surface area (Å²) in [5.74, 6) is -0.890. The first-order valence-electron chi connectivity index (χ1n) is 5.94. The standard InChI is InChI=1S/C14H16FN3O/c1-8-4-12(18(2)3)11-7-10(15)5-9(6-13(16)19)14(11)17-8/h4-5,7H,6H2,1-3H3,(H2,16,19). The van der Waals surface area contributed by atoms with Crippen LogP contribution in [0, 0.1) is 12.7 Å². The number of hydrogen-bond acceptors (Lipinski definition) is 3. The molecule has 0 aliphatic rings. The van der Waals surface area contributed by atoms with Gasteiger partial charge in [-0.2, -0.15) is 0 Å². The summed E-state index contributed by atoms with van der Waals surface area (Å²) in [6.45, 7) is 1.86. The van der Waals surface area contributed by atoms with E-state index in [1.165, 1.54) is 12.1 Å². The van der Waals surface area contributed by atoms with Gasteiger partial charge in [0, 0.05) is 30.9 Å². The summed E-state index contributed by atoms with van der Waals surface area (Å²) in [6, 6.07) is 4.64. The second-order valence-corrected chi connectivity index (χ2v) is 4.78. The van der Waals surface area contributed by atoms with E-state index in [1.807, 2.05) is 32.0 Å². The van der Waals surface area contributed by atoms with Crippen molar-refractivity contribution in [1.82, 2.24) is 4.98 Å². The van der Waals surface area contributed by atoms with Crippen LogP contribution in [0.2, 0.25) is 0 Å². The van der Waals surface area contributed by atoms with E-state index in [0.717, 1.165) is 11.4 Å². The number of hydrogen-bond donors (Lipinski definition) is 1. The molecule has 1 amide bonds. The molecule has 1 heterocycles. The molecule has 5 heteroatoms. The monoisotopic (exact) mass is 261 g/mol. The fraction of sp³-hybridized carbons (Fsp3) is 0.286. The third-order valence-electron chi connectivity index (χ3n) is 2.91. The Balaban J connectivity index is 2.80. The van der Waals surface area contributed by atoms with Crippen molar-refractivity contribution in [2.75, 3.05) is 19.0 Å². The fourth-order valence-corrected chi connectivity index (χ4v) is 2.16. The van der Waals surface area contributed by atoms with Gasteiger partial charge < -0.3 is 10.6 Å². The number of carbonyl (C=O) groups excluding carboxylic acids is 1. The maximum absolute atomic E-state index is 13.7. The summed E-state index contributed by atoms with van der Waals surface area (Å²) >= 11 is 0. The third kappa shape index (κ3) is 2.65. The highest BCUT2D eigenvalue weighted by atomic mass is 19.1. The Morgan fingerprint density at radius 3 is 2.63 bits per heavy atom. The largest absolute Gasteiger partial charge is 0.377 e. The van der Waals surface area contributed by atoms with Crippen LogP contribution >= 0.6 is 0 Å². The van der Waals surface area contributed by atoms with Crippen LogP contribution in [0.3, 0.4) is 0 Å². The molecule has 4 nitrogen and oxygen atoms in total. The highest BCUT2D eigenvalue weighted by molar-refractivity contribution is 5.95. The molecule has 0 spiro atoms. The Morgan fingerprint density at radius 1 is 1.37 bits per heavy atom. The maximum Gasteiger partial charge on any atom is 0.221 e. The van der Waals surface area contributed by atoms with Gasteiger partial charge in [-0.05, 0) is 30.7 Å². The van der Waals surface area contributed by atoms with E-state index in [9.17, 15) is 9.18 Å². The molecule has 0 aliphatic carbocycles. The van der Waals surface area contributed by atoms with Crippen molar-refractivity contribution in [3.05, 3.63) is 35.3 Å². The van der Waals surface area contributed by atoms with E-state index in [2.05, 4.69) is 4.98 Å². The second-order valence-electron chi connectivity index (χ2n) is 4.78. The highest BCUT2D eigenvalue weighted by Crippen LogP contribution is 2.28. The van der Waals surface area contributed by atoms with Gasteiger partial charge in [-0.25, -0.2) is 4.39 Å². The van der Waals surface area contributed by atoms with Crippen molar-refractivity contribution in [3.63, 3.8) is 0 Å². The minimum atomic E-state index is -0.499. The van der Waals surface area contributed by atoms with Gasteiger partial charge in [0.2, 0.25) is 5.91 Å². The molecule has 2 rings (SSSR count). The Morgan fingerprint density at radius 2 is 2.05 bits per heavy atom. The maximum atomic E-state index is 13.7. The molecule has 2 N–H and O–H groups in total. The number of pyridine rings is 1. The summed E-state index contributed by atoms with van der Waals surface area (Å²) in [5, 5.41) is 0.687. The number of aryl methyl sites for hydroxylation is 1. The first kappa shape index (κ1) is 13.3. The van der Waals surface area contributed by atoms with Crippen LogP contribution in [0.4, 0.5) is 10.1 Å². The lowest BCUT2D eigenvalue weighted by atomic mass is 10.0. The molecule has 0 atom stereocenters. The number of halogens is 1. The topological polar surface area (TPSA) is 59.2 Å². The summed E-state index contributed by atoms with van der Waals surface area (Å²) in [7, 11) is 3.76. The number of carbonyl (C=O) groups is 1. The SMILES string of the molecule is Cc1cc(N(C)C)c2cc(F)cc(CC(N)=O)c2n1. The van der Waals surface area contributed by atoms with E-state index in [-0.39, 0.29) is 6.42 Å². The second kappa shape index (κ2) is 4.84. The van der Waals surface area contributed by atoms with E-state index in [1.54, 1.807) is 0 Å². The minimum Gasteiger partial charge on any atom is -0.377 e. The average molecular weight is 261 g/mol. The van der Waals surface area contributed by atoms with Crippen LogP contribution in [-0.4, -0.2) is 25.0 Å². The lowest BCUT2D eigenvalue weighted by Crippen LogP contribution is -2.15. The molecule has 0 fully saturated rings. The number of primary amides is 1. The minimum absolute atomic E-state index is 0.0163. The Labute approximate surface area is 111 Å². The number of benzene rings is 1. The van der Waals surface area contributed by atoms with Gasteiger partial charge >= 0.3 is 0 Å². The Bertz CT molecular complexity index is 653. The summed E-state index contributed by atoms with van der Waals surface area (Å²) < 4.78 is 13.7. The van der Waals surface area contributed by atoms with Gasteiger partial charge in [0.05, 0.1) is 11.9 Å². The predicted octanol–water partition coefficient (Wildman–Crippen LogP) is 1.78. The van der Waals surface area contributed by atoms with Gasteiger partial charge in [-0.15, -0.1) is 0 Å². The lowest BCUT2D eigenvalue weighted by molar-refractivity contribution is -0.117. The van der Waals surface area contributed by atoms with Crippen molar-refractivity contribution in [2.45, 2.75) is 13.3 Å². The van der Waals surface area contributed by atoms with Crippen LogP contribution < -0.4 is 10.6 Å². The third-order valence-corrected chi connectivity index (χ3v) is 2.91. The first-order chi connectivity index (χ1) is 8.88. The summed E-state index contributed by atoms with van der Waals surface area (Å²) in [5.41, 5.74) is 8.03. The van der Waals surface area contributed by atoms with Crippen molar-refractivity contribution in [2.24, 2.45) is 5.73 Å². The first-order valence-corrected chi connectivity index (χ1v) is 5.94. The molecular formula is C14H16FN3O. The lowest BCUT2D eigenvalue weighted by Gasteiger charge is -2.17. The van der Waals surface area contributed by atoms with Crippen molar-refractivity contribution < 1.29 is 9.18 Å². The molecule has 0 saturated heterocycles. The molecule has 2 aromatic rings. The van der Waals surface area contributed by atoms with Gasteiger partial charge in [-0.3, -0.25) is 9.78 Å². The summed E-state index contributed by atoms with van der Waals surface area (Å²) in [4.78, 5) is 17.4. The number of amides is 1. The number of nitrogens with zero attached hydrogens (tertiary/aromatic N) is 2. The van der Waals surface area contributed by atoms with Gasteiger partial charge in [0.25, 0.3) is 0 Å². The predicted molar refractivity (Wildman–Crippen MR) is 73.7 cm³/mol. The van der Waals surface area contributed by atoms with Crippen LogP contribution in [0.5, 0.6) is 0 Å². The Kier molecular flexibility index (Phi) is 3.38. The van der Waals surface area contributed by atoms with Gasteiger partial charge in [0.1, 0.15) is 5.82 Å². The molecule has 19 heavy (non-hydrogen) atoms. The molecule has 0 bridgehead atoms. The Hall–Kier alpha value is -2.17. The molecule has 0 aliphatic heterocycles. The molecular weight excluding hydrogens is 245 g/mol. The highest BCUT2D eigenvalue weighted by Gasteiger charge is 2.13.